The van der Waals surface area contributed by atoms with E-state index in [9.17, 15) is 30.6 Å². The van der Waals surface area contributed by atoms with Crippen LogP contribution in [0.25, 0.3) is 0 Å². The van der Waals surface area contributed by atoms with Gasteiger partial charge in [0.1, 0.15) is 24.4 Å². The quantitative estimate of drug-likeness (QED) is 0.339. The molecule has 158 valence electrons. The van der Waals surface area contributed by atoms with Gasteiger partial charge in [-0.25, -0.2) is 0 Å². The standard InChI is InChI=1S/C19H34O8/c1-10-7-12(21)8-18(3,4)19(10,25)6-5-11(2)26-17-16(24)15(23)14(22)13(9-20)27-17/h5-6,10-17,20-25H,7-9H2,1-4H3/b6-5+/t10-,11+,12+,13-,14-,15+,16-,17-,19+/m1/s1. The highest BCUT2D eigenvalue weighted by Crippen LogP contribution is 2.48. The van der Waals surface area contributed by atoms with Gasteiger partial charge in [-0.05, 0) is 31.1 Å². The van der Waals surface area contributed by atoms with Gasteiger partial charge < -0.3 is 40.1 Å². The van der Waals surface area contributed by atoms with Crippen molar-refractivity contribution in [2.75, 3.05) is 6.61 Å². The number of aliphatic hydroxyl groups excluding tert-OH is 5. The molecule has 0 amide bonds. The van der Waals surface area contributed by atoms with Crippen LogP contribution in [0.2, 0.25) is 0 Å². The van der Waals surface area contributed by atoms with Gasteiger partial charge in [-0.1, -0.05) is 32.9 Å². The summed E-state index contributed by atoms with van der Waals surface area (Å²) in [6.45, 7) is 6.86. The maximum absolute atomic E-state index is 11.2. The number of rotatable bonds is 5. The van der Waals surface area contributed by atoms with Crippen molar-refractivity contribution in [1.29, 1.82) is 0 Å². The molecule has 2 fully saturated rings. The molecule has 1 aliphatic heterocycles. The Kier molecular flexibility index (Phi) is 7.08. The van der Waals surface area contributed by atoms with Crippen LogP contribution in [0.15, 0.2) is 12.2 Å². The first-order valence-corrected chi connectivity index (χ1v) is 9.48. The van der Waals surface area contributed by atoms with E-state index < -0.39 is 60.5 Å². The molecular formula is C19H34O8. The van der Waals surface area contributed by atoms with E-state index in [0.717, 1.165) is 0 Å². The lowest BCUT2D eigenvalue weighted by Gasteiger charge is -2.50. The Morgan fingerprint density at radius 1 is 1.15 bits per heavy atom. The predicted molar refractivity (Wildman–Crippen MR) is 96.6 cm³/mol. The summed E-state index contributed by atoms with van der Waals surface area (Å²) in [5.41, 5.74) is -1.68. The first kappa shape index (κ1) is 22.7. The van der Waals surface area contributed by atoms with Gasteiger partial charge in [0.15, 0.2) is 6.29 Å². The third-order valence-electron chi connectivity index (χ3n) is 6.03. The summed E-state index contributed by atoms with van der Waals surface area (Å²) in [5, 5.41) is 60.1. The average molecular weight is 390 g/mol. The topological polar surface area (TPSA) is 140 Å². The summed E-state index contributed by atoms with van der Waals surface area (Å²) in [5.74, 6) is -0.160. The Morgan fingerprint density at radius 3 is 2.33 bits per heavy atom. The Labute approximate surface area is 160 Å². The second kappa shape index (κ2) is 8.42. The molecule has 8 nitrogen and oxygen atoms in total. The predicted octanol–water partition coefficient (Wildman–Crippen LogP) is -0.704. The molecule has 0 spiro atoms. The summed E-state index contributed by atoms with van der Waals surface area (Å²) in [6.07, 6.45) is -3.42. The maximum atomic E-state index is 11.2. The van der Waals surface area contributed by atoms with Crippen LogP contribution in [0.4, 0.5) is 0 Å². The second-order valence-electron chi connectivity index (χ2n) is 8.60. The molecule has 0 aromatic rings. The van der Waals surface area contributed by atoms with Crippen LogP contribution < -0.4 is 0 Å². The van der Waals surface area contributed by atoms with E-state index in [1.54, 1.807) is 19.1 Å². The first-order chi connectivity index (χ1) is 12.4. The van der Waals surface area contributed by atoms with Crippen LogP contribution >= 0.6 is 0 Å². The number of aliphatic hydroxyl groups is 6. The zero-order chi connectivity index (χ0) is 20.6. The lowest BCUT2D eigenvalue weighted by atomic mass is 9.60. The van der Waals surface area contributed by atoms with E-state index in [1.165, 1.54) is 0 Å². The van der Waals surface area contributed by atoms with Gasteiger partial charge in [-0.2, -0.15) is 0 Å². The van der Waals surface area contributed by atoms with Crippen molar-refractivity contribution in [3.63, 3.8) is 0 Å². The first-order valence-electron chi connectivity index (χ1n) is 9.48. The third kappa shape index (κ3) is 4.54. The molecule has 1 saturated carbocycles. The third-order valence-corrected chi connectivity index (χ3v) is 6.03. The van der Waals surface area contributed by atoms with Crippen LogP contribution in [0.5, 0.6) is 0 Å². The summed E-state index contributed by atoms with van der Waals surface area (Å²) in [6, 6.07) is 0. The van der Waals surface area contributed by atoms with E-state index >= 15 is 0 Å². The molecule has 0 bridgehead atoms. The Morgan fingerprint density at radius 2 is 1.78 bits per heavy atom. The van der Waals surface area contributed by atoms with Gasteiger partial charge in [0.25, 0.3) is 0 Å². The fourth-order valence-corrected chi connectivity index (χ4v) is 4.20. The van der Waals surface area contributed by atoms with Gasteiger partial charge in [0.2, 0.25) is 0 Å². The minimum absolute atomic E-state index is 0.160. The zero-order valence-electron chi connectivity index (χ0n) is 16.4. The van der Waals surface area contributed by atoms with Crippen molar-refractivity contribution in [3.05, 3.63) is 12.2 Å². The van der Waals surface area contributed by atoms with Crippen LogP contribution in [0.1, 0.15) is 40.5 Å². The molecule has 6 N–H and O–H groups in total. The molecular weight excluding hydrogens is 356 g/mol. The summed E-state index contributed by atoms with van der Waals surface area (Å²) >= 11 is 0. The molecule has 0 radical (unpaired) electrons. The fourth-order valence-electron chi connectivity index (χ4n) is 4.20. The van der Waals surface area contributed by atoms with Gasteiger partial charge in [-0.15, -0.1) is 0 Å². The van der Waals surface area contributed by atoms with Crippen LogP contribution in [0, 0.1) is 11.3 Å². The van der Waals surface area contributed by atoms with Crippen LogP contribution in [-0.4, -0.2) is 85.8 Å². The Bertz CT molecular complexity index is 522. The van der Waals surface area contributed by atoms with Gasteiger partial charge >= 0.3 is 0 Å². The molecule has 27 heavy (non-hydrogen) atoms. The van der Waals surface area contributed by atoms with Crippen molar-refractivity contribution < 1.29 is 40.1 Å². The molecule has 9 atom stereocenters. The molecule has 0 unspecified atom stereocenters. The second-order valence-corrected chi connectivity index (χ2v) is 8.60. The Balaban J connectivity index is 2.07. The van der Waals surface area contributed by atoms with Crippen molar-refractivity contribution in [3.8, 4) is 0 Å². The molecule has 2 rings (SSSR count). The van der Waals surface area contributed by atoms with Gasteiger partial charge in [-0.3, -0.25) is 0 Å². The highest BCUT2D eigenvalue weighted by molar-refractivity contribution is 5.15. The molecule has 8 heteroatoms. The van der Waals surface area contributed by atoms with Crippen LogP contribution in [-0.2, 0) is 9.47 Å². The van der Waals surface area contributed by atoms with Crippen molar-refractivity contribution >= 4 is 0 Å². The monoisotopic (exact) mass is 390 g/mol. The molecule has 1 saturated heterocycles. The van der Waals surface area contributed by atoms with Gasteiger partial charge in [0, 0.05) is 0 Å². The highest BCUT2D eigenvalue weighted by atomic mass is 16.7. The summed E-state index contributed by atoms with van der Waals surface area (Å²) in [7, 11) is 0. The minimum atomic E-state index is -1.50. The van der Waals surface area contributed by atoms with E-state index in [2.05, 4.69) is 0 Å². The molecule has 1 heterocycles. The fraction of sp³-hybridized carbons (Fsp3) is 0.895. The molecule has 2 aliphatic rings. The summed E-state index contributed by atoms with van der Waals surface area (Å²) in [4.78, 5) is 0. The van der Waals surface area contributed by atoms with E-state index in [4.69, 9.17) is 9.47 Å². The molecule has 1 aliphatic carbocycles. The van der Waals surface area contributed by atoms with Crippen molar-refractivity contribution in [2.45, 2.75) is 89.1 Å². The highest BCUT2D eigenvalue weighted by Gasteiger charge is 2.50. The molecule has 0 aromatic heterocycles. The minimum Gasteiger partial charge on any atom is -0.394 e. The smallest absolute Gasteiger partial charge is 0.187 e. The van der Waals surface area contributed by atoms with Crippen LogP contribution in [0.3, 0.4) is 0 Å². The normalized spacial score (nSPS) is 46.5. The lowest BCUT2D eigenvalue weighted by molar-refractivity contribution is -0.306. The molecule has 0 aromatic carbocycles. The number of hydrogen-bond acceptors (Lipinski definition) is 8. The SMILES string of the molecule is C[C@@H]1C[C@H](O)CC(C)(C)[C@]1(O)/C=C/[C@H](C)O[C@@H]1O[C@H](CO)[C@@H](O)[C@H](O)[C@H]1O. The van der Waals surface area contributed by atoms with Gasteiger partial charge in [0.05, 0.1) is 24.4 Å². The number of hydrogen-bond donors (Lipinski definition) is 6. The average Bonchev–Trinajstić information content (AvgIpc) is 2.58. The van der Waals surface area contributed by atoms with E-state index in [-0.39, 0.29) is 5.92 Å². The maximum Gasteiger partial charge on any atom is 0.187 e. The zero-order valence-corrected chi connectivity index (χ0v) is 16.4. The van der Waals surface area contributed by atoms with E-state index in [0.29, 0.717) is 12.8 Å². The largest absolute Gasteiger partial charge is 0.394 e. The Hall–Kier alpha value is -0.580. The van der Waals surface area contributed by atoms with Crippen molar-refractivity contribution in [1.82, 2.24) is 0 Å². The van der Waals surface area contributed by atoms with Crippen molar-refractivity contribution in [2.24, 2.45) is 11.3 Å². The summed E-state index contributed by atoms with van der Waals surface area (Å²) < 4.78 is 10.9. The van der Waals surface area contributed by atoms with E-state index in [1.807, 2.05) is 20.8 Å². The lowest BCUT2D eigenvalue weighted by Crippen LogP contribution is -2.59. The number of ether oxygens (including phenoxy) is 2.